The minimum Gasteiger partial charge on any atom is -0.497 e. The molecule has 0 atom stereocenters. The second-order valence-corrected chi connectivity index (χ2v) is 6.94. The summed E-state index contributed by atoms with van der Waals surface area (Å²) in [6.45, 7) is 4.64. The third-order valence-corrected chi connectivity index (χ3v) is 4.24. The van der Waals surface area contributed by atoms with Gasteiger partial charge in [0.2, 0.25) is 0 Å². The molecule has 0 N–H and O–H groups in total. The fourth-order valence-corrected chi connectivity index (χ4v) is 2.89. The Balaban J connectivity index is 1.71. The quantitative estimate of drug-likeness (QED) is 0.429. The first kappa shape index (κ1) is 20.4. The van der Waals surface area contributed by atoms with Crippen molar-refractivity contribution in [1.82, 2.24) is 9.78 Å². The van der Waals surface area contributed by atoms with Crippen molar-refractivity contribution in [2.24, 2.45) is 5.92 Å². The van der Waals surface area contributed by atoms with Gasteiger partial charge in [-0.1, -0.05) is 32.0 Å². The molecule has 0 saturated heterocycles. The molecule has 7 heteroatoms. The number of rotatable bonds is 8. The molecule has 1 aromatic heterocycles. The van der Waals surface area contributed by atoms with E-state index >= 15 is 0 Å². The van der Waals surface area contributed by atoms with E-state index in [-0.39, 0.29) is 30.4 Å². The molecule has 7 nitrogen and oxygen atoms in total. The average Bonchev–Trinajstić information content (AvgIpc) is 2.73. The third kappa shape index (κ3) is 4.93. The monoisotopic (exact) mass is 396 g/mol. The van der Waals surface area contributed by atoms with Crippen LogP contribution in [-0.4, -0.2) is 36.1 Å². The number of nitrogens with zero attached hydrogens (tertiary/aromatic N) is 2. The summed E-state index contributed by atoms with van der Waals surface area (Å²) in [5, 5.41) is 5.20. The van der Waals surface area contributed by atoms with Crippen molar-refractivity contribution in [3.8, 4) is 11.5 Å². The highest BCUT2D eigenvalue weighted by Gasteiger charge is 2.18. The maximum Gasteiger partial charge on any atom is 0.359 e. The average molecular weight is 396 g/mol. The second kappa shape index (κ2) is 9.23. The number of carbonyl (C=O) groups excluding carboxylic acids is 1. The van der Waals surface area contributed by atoms with Gasteiger partial charge in [-0.15, -0.1) is 0 Å². The largest absolute Gasteiger partial charge is 0.497 e. The Morgan fingerprint density at radius 3 is 2.31 bits per heavy atom. The van der Waals surface area contributed by atoms with Gasteiger partial charge in [0.05, 0.1) is 12.5 Å². The summed E-state index contributed by atoms with van der Waals surface area (Å²) in [6, 6.07) is 14.1. The lowest BCUT2D eigenvalue weighted by Crippen LogP contribution is -2.28. The fourth-order valence-electron chi connectivity index (χ4n) is 2.89. The Kier molecular flexibility index (Phi) is 6.49. The Morgan fingerprint density at radius 1 is 1.00 bits per heavy atom. The maximum atomic E-state index is 12.6. The highest BCUT2D eigenvalue weighted by Crippen LogP contribution is 2.17. The molecule has 152 valence electrons. The van der Waals surface area contributed by atoms with Crippen LogP contribution in [0.25, 0.3) is 10.8 Å². The van der Waals surface area contributed by atoms with Gasteiger partial charge in [0.25, 0.3) is 5.56 Å². The second-order valence-electron chi connectivity index (χ2n) is 6.94. The number of hydrogen-bond donors (Lipinski definition) is 0. The van der Waals surface area contributed by atoms with Gasteiger partial charge in [0, 0.05) is 11.9 Å². The first-order chi connectivity index (χ1) is 14.0. The molecule has 0 spiro atoms. The number of esters is 1. The molecule has 0 saturated carbocycles. The zero-order valence-electron chi connectivity index (χ0n) is 16.8. The van der Waals surface area contributed by atoms with E-state index in [9.17, 15) is 9.59 Å². The molecule has 2 aromatic carbocycles. The lowest BCUT2D eigenvalue weighted by atomic mass is 10.1. The smallest absolute Gasteiger partial charge is 0.359 e. The number of fused-ring (bicyclic) bond motifs is 1. The molecule has 3 aromatic rings. The molecule has 0 aliphatic heterocycles. The van der Waals surface area contributed by atoms with Crippen LogP contribution in [-0.2, 0) is 11.3 Å². The third-order valence-electron chi connectivity index (χ3n) is 4.24. The van der Waals surface area contributed by atoms with Crippen LogP contribution >= 0.6 is 0 Å². The number of benzene rings is 2. The number of hydrogen-bond acceptors (Lipinski definition) is 6. The van der Waals surface area contributed by atoms with Gasteiger partial charge >= 0.3 is 5.97 Å². The van der Waals surface area contributed by atoms with Crippen LogP contribution in [0.5, 0.6) is 11.5 Å². The normalized spacial score (nSPS) is 10.9. The maximum absolute atomic E-state index is 12.6. The number of ether oxygens (including phenoxy) is 3. The predicted octanol–water partition coefficient (Wildman–Crippen LogP) is 3.30. The zero-order chi connectivity index (χ0) is 20.8. The van der Waals surface area contributed by atoms with E-state index in [1.807, 2.05) is 13.8 Å². The van der Waals surface area contributed by atoms with Crippen LogP contribution in [0, 0.1) is 5.92 Å². The van der Waals surface area contributed by atoms with Gasteiger partial charge in [-0.3, -0.25) is 4.79 Å². The summed E-state index contributed by atoms with van der Waals surface area (Å²) >= 11 is 0. The van der Waals surface area contributed by atoms with Crippen molar-refractivity contribution in [2.45, 2.75) is 20.4 Å². The van der Waals surface area contributed by atoms with E-state index in [1.54, 1.807) is 55.6 Å². The van der Waals surface area contributed by atoms with E-state index < -0.39 is 5.97 Å². The van der Waals surface area contributed by atoms with Gasteiger partial charge in [-0.25, -0.2) is 9.48 Å². The van der Waals surface area contributed by atoms with Crippen LogP contribution in [0.1, 0.15) is 24.3 Å². The molecule has 0 amide bonds. The topological polar surface area (TPSA) is 79.7 Å². The minimum atomic E-state index is -0.586. The molecule has 0 aliphatic rings. The Bertz CT molecular complexity index is 1040. The van der Waals surface area contributed by atoms with Crippen molar-refractivity contribution < 1.29 is 19.0 Å². The summed E-state index contributed by atoms with van der Waals surface area (Å²) in [7, 11) is 1.59. The van der Waals surface area contributed by atoms with E-state index in [0.29, 0.717) is 23.1 Å². The van der Waals surface area contributed by atoms with Crippen LogP contribution < -0.4 is 15.0 Å². The molecular weight excluding hydrogens is 372 g/mol. The van der Waals surface area contributed by atoms with Crippen LogP contribution in [0.2, 0.25) is 0 Å². The van der Waals surface area contributed by atoms with E-state index in [1.165, 1.54) is 4.68 Å². The Labute approximate surface area is 168 Å². The Morgan fingerprint density at radius 2 is 1.66 bits per heavy atom. The standard InChI is InChI=1S/C22H24N2O5/c1-15(2)14-24-21(25)19-7-5-4-6-18(19)20(23-24)22(26)29-13-12-28-17-10-8-16(27-3)9-11-17/h4-11,15H,12-14H2,1-3H3. The van der Waals surface area contributed by atoms with Crippen molar-refractivity contribution >= 4 is 16.7 Å². The molecular formula is C22H24N2O5. The molecule has 3 rings (SSSR count). The zero-order valence-corrected chi connectivity index (χ0v) is 16.8. The van der Waals surface area contributed by atoms with E-state index in [4.69, 9.17) is 14.2 Å². The summed E-state index contributed by atoms with van der Waals surface area (Å²) < 4.78 is 17.3. The lowest BCUT2D eigenvalue weighted by molar-refractivity contribution is 0.0443. The van der Waals surface area contributed by atoms with E-state index in [2.05, 4.69) is 5.10 Å². The van der Waals surface area contributed by atoms with Gasteiger partial charge in [0.15, 0.2) is 5.69 Å². The molecule has 0 aliphatic carbocycles. The summed E-state index contributed by atoms with van der Waals surface area (Å²) in [5.41, 5.74) is -0.0843. The van der Waals surface area contributed by atoms with Crippen LogP contribution in [0.3, 0.4) is 0 Å². The summed E-state index contributed by atoms with van der Waals surface area (Å²) in [4.78, 5) is 25.3. The molecule has 0 unspecified atom stereocenters. The van der Waals surface area contributed by atoms with Crippen molar-refractivity contribution in [3.05, 3.63) is 64.6 Å². The lowest BCUT2D eigenvalue weighted by Gasteiger charge is -2.12. The van der Waals surface area contributed by atoms with Gasteiger partial charge in [0.1, 0.15) is 24.7 Å². The Hall–Kier alpha value is -3.35. The molecule has 0 radical (unpaired) electrons. The molecule has 0 fully saturated rings. The first-order valence-electron chi connectivity index (χ1n) is 9.43. The van der Waals surface area contributed by atoms with Crippen molar-refractivity contribution in [2.75, 3.05) is 20.3 Å². The number of methoxy groups -OCH3 is 1. The van der Waals surface area contributed by atoms with Gasteiger partial charge in [-0.05, 0) is 36.2 Å². The molecule has 1 heterocycles. The fraction of sp³-hybridized carbons (Fsp3) is 0.318. The van der Waals surface area contributed by atoms with Gasteiger partial charge < -0.3 is 14.2 Å². The first-order valence-corrected chi connectivity index (χ1v) is 9.43. The molecule has 29 heavy (non-hydrogen) atoms. The summed E-state index contributed by atoms with van der Waals surface area (Å²) in [5.74, 6) is 1.01. The van der Waals surface area contributed by atoms with Gasteiger partial charge in [-0.2, -0.15) is 5.10 Å². The van der Waals surface area contributed by atoms with Crippen molar-refractivity contribution in [3.63, 3.8) is 0 Å². The number of aromatic nitrogens is 2. The van der Waals surface area contributed by atoms with Crippen LogP contribution in [0.4, 0.5) is 0 Å². The van der Waals surface area contributed by atoms with Crippen LogP contribution in [0.15, 0.2) is 53.3 Å². The number of carbonyl (C=O) groups is 1. The highest BCUT2D eigenvalue weighted by atomic mass is 16.6. The summed E-state index contributed by atoms with van der Waals surface area (Å²) in [6.07, 6.45) is 0. The predicted molar refractivity (Wildman–Crippen MR) is 110 cm³/mol. The molecule has 0 bridgehead atoms. The highest BCUT2D eigenvalue weighted by molar-refractivity contribution is 6.02. The minimum absolute atomic E-state index is 0.0597. The van der Waals surface area contributed by atoms with Crippen molar-refractivity contribution in [1.29, 1.82) is 0 Å². The van der Waals surface area contributed by atoms with E-state index in [0.717, 1.165) is 5.75 Å². The SMILES string of the molecule is COc1ccc(OCCOC(=O)c2nn(CC(C)C)c(=O)c3ccccc23)cc1.